The third-order valence-electron chi connectivity index (χ3n) is 4.53. The van der Waals surface area contributed by atoms with E-state index in [0.717, 1.165) is 0 Å². The molecule has 2 aliphatic rings. The van der Waals surface area contributed by atoms with E-state index in [1.54, 1.807) is 12.1 Å². The Labute approximate surface area is 141 Å². The summed E-state index contributed by atoms with van der Waals surface area (Å²) >= 11 is 0. The predicted molar refractivity (Wildman–Crippen MR) is 90.3 cm³/mol. The van der Waals surface area contributed by atoms with Gasteiger partial charge in [0, 0.05) is 32.2 Å². The van der Waals surface area contributed by atoms with Crippen LogP contribution in [0.15, 0.2) is 24.3 Å². The largest absolute Gasteiger partial charge is 0.367 e. The summed E-state index contributed by atoms with van der Waals surface area (Å²) in [5.41, 5.74) is 0.595. The molecule has 3 rings (SSSR count). The van der Waals surface area contributed by atoms with Gasteiger partial charge in [0.05, 0.1) is 23.7 Å². The number of nitrogens with one attached hydrogen (secondary N) is 1. The summed E-state index contributed by atoms with van der Waals surface area (Å²) in [6.45, 7) is 2.91. The highest BCUT2D eigenvalue weighted by Crippen LogP contribution is 2.20. The van der Waals surface area contributed by atoms with Gasteiger partial charge in [-0.15, -0.1) is 0 Å². The molecule has 0 bridgehead atoms. The molecule has 2 fully saturated rings. The van der Waals surface area contributed by atoms with E-state index in [1.807, 2.05) is 15.9 Å². The molecule has 1 N–H and O–H groups in total. The molecule has 1 atom stereocenters. The van der Waals surface area contributed by atoms with E-state index < -0.39 is 9.84 Å². The summed E-state index contributed by atoms with van der Waals surface area (Å²) in [5.74, 6) is -0.179. The van der Waals surface area contributed by atoms with E-state index in [-0.39, 0.29) is 35.8 Å². The Morgan fingerprint density at radius 3 is 2.54 bits per heavy atom. The van der Waals surface area contributed by atoms with Gasteiger partial charge in [-0.2, -0.15) is 0 Å². The van der Waals surface area contributed by atoms with Gasteiger partial charge in [-0.25, -0.2) is 12.8 Å². The van der Waals surface area contributed by atoms with Gasteiger partial charge < -0.3 is 10.2 Å². The van der Waals surface area contributed by atoms with E-state index in [4.69, 9.17) is 0 Å². The molecule has 2 saturated heterocycles. The molecule has 24 heavy (non-hydrogen) atoms. The monoisotopic (exact) mass is 355 g/mol. The summed E-state index contributed by atoms with van der Waals surface area (Å²) in [5, 5.41) is 2.80. The number of nitrogens with zero attached hydrogens (tertiary/aromatic N) is 2. The van der Waals surface area contributed by atoms with Crippen LogP contribution in [0, 0.1) is 5.82 Å². The fourth-order valence-corrected chi connectivity index (χ4v) is 4.91. The molecule has 2 aliphatic heterocycles. The maximum atomic E-state index is 13.8. The zero-order valence-corrected chi connectivity index (χ0v) is 14.3. The normalized spacial score (nSPS) is 24.0. The molecule has 0 spiro atoms. The van der Waals surface area contributed by atoms with Crippen LogP contribution in [0.25, 0.3) is 0 Å². The number of benzene rings is 1. The van der Waals surface area contributed by atoms with Gasteiger partial charge in [0.15, 0.2) is 9.84 Å². The Hall–Kier alpha value is -1.67. The highest BCUT2D eigenvalue weighted by atomic mass is 32.2. The molecule has 2 heterocycles. The Kier molecular flexibility index (Phi) is 5.05. The summed E-state index contributed by atoms with van der Waals surface area (Å²) in [6, 6.07) is 6.43. The topological polar surface area (TPSA) is 69.7 Å². The van der Waals surface area contributed by atoms with Crippen LogP contribution in [0.2, 0.25) is 0 Å². The predicted octanol–water partition coefficient (Wildman–Crippen LogP) is 0.251. The molecule has 132 valence electrons. The third kappa shape index (κ3) is 4.24. The van der Waals surface area contributed by atoms with Crippen LogP contribution in [-0.2, 0) is 14.6 Å². The SMILES string of the molecule is O=C(CN1CCN(c2ccccc2F)CC1)N[C@H]1CCS(=O)(=O)C1. The molecule has 6 nitrogen and oxygen atoms in total. The van der Waals surface area contributed by atoms with Gasteiger partial charge >= 0.3 is 0 Å². The first-order valence-electron chi connectivity index (χ1n) is 8.14. The molecule has 8 heteroatoms. The fourth-order valence-electron chi connectivity index (χ4n) is 3.24. The third-order valence-corrected chi connectivity index (χ3v) is 6.30. The van der Waals surface area contributed by atoms with Gasteiger partial charge in [0.2, 0.25) is 5.91 Å². The number of para-hydroxylation sites is 1. The first-order chi connectivity index (χ1) is 11.4. The van der Waals surface area contributed by atoms with Crippen molar-refractivity contribution < 1.29 is 17.6 Å². The average Bonchev–Trinajstić information content (AvgIpc) is 2.87. The lowest BCUT2D eigenvalue weighted by Crippen LogP contribution is -2.50. The molecule has 0 aliphatic carbocycles. The second-order valence-electron chi connectivity index (χ2n) is 6.38. The zero-order chi connectivity index (χ0) is 17.2. The standard InChI is InChI=1S/C16H22FN3O3S/c17-14-3-1-2-4-15(14)20-8-6-19(7-9-20)11-16(21)18-13-5-10-24(22,23)12-13/h1-4,13H,5-12H2,(H,18,21)/t13-/m0/s1. The van der Waals surface area contributed by atoms with Crippen LogP contribution in [0.1, 0.15) is 6.42 Å². The minimum Gasteiger partial charge on any atom is -0.367 e. The van der Waals surface area contributed by atoms with Gasteiger partial charge in [0.25, 0.3) is 0 Å². The minimum absolute atomic E-state index is 0.0415. The number of anilines is 1. The van der Waals surface area contributed by atoms with Crippen molar-refractivity contribution in [2.75, 3.05) is 49.1 Å². The number of halogens is 1. The van der Waals surface area contributed by atoms with E-state index in [2.05, 4.69) is 5.32 Å². The quantitative estimate of drug-likeness (QED) is 0.839. The lowest BCUT2D eigenvalue weighted by Gasteiger charge is -2.35. The number of hydrogen-bond donors (Lipinski definition) is 1. The summed E-state index contributed by atoms with van der Waals surface area (Å²) in [7, 11) is -2.99. The van der Waals surface area contributed by atoms with Crippen LogP contribution in [0.3, 0.4) is 0 Å². The highest BCUT2D eigenvalue weighted by Gasteiger charge is 2.29. The number of carbonyl (C=O) groups excluding carboxylic acids is 1. The molecule has 1 aromatic rings. The Morgan fingerprint density at radius 2 is 1.92 bits per heavy atom. The number of hydrogen-bond acceptors (Lipinski definition) is 5. The minimum atomic E-state index is -2.99. The number of piperazine rings is 1. The van der Waals surface area contributed by atoms with E-state index >= 15 is 0 Å². The first-order valence-corrected chi connectivity index (χ1v) is 9.97. The second kappa shape index (κ2) is 7.06. The average molecular weight is 355 g/mol. The number of carbonyl (C=O) groups is 1. The zero-order valence-electron chi connectivity index (χ0n) is 13.4. The maximum absolute atomic E-state index is 13.8. The smallest absolute Gasteiger partial charge is 0.234 e. The maximum Gasteiger partial charge on any atom is 0.234 e. The lowest BCUT2D eigenvalue weighted by molar-refractivity contribution is -0.122. The van der Waals surface area contributed by atoms with Crippen molar-refractivity contribution in [2.45, 2.75) is 12.5 Å². The van der Waals surface area contributed by atoms with Gasteiger partial charge in [-0.05, 0) is 18.6 Å². The van der Waals surface area contributed by atoms with Crippen LogP contribution in [0.5, 0.6) is 0 Å². The molecule has 1 amide bonds. The molecule has 0 unspecified atom stereocenters. The molecule has 1 aromatic carbocycles. The van der Waals surface area contributed by atoms with Gasteiger partial charge in [-0.1, -0.05) is 12.1 Å². The van der Waals surface area contributed by atoms with Crippen molar-refractivity contribution in [3.63, 3.8) is 0 Å². The molecule has 0 radical (unpaired) electrons. The Morgan fingerprint density at radius 1 is 1.21 bits per heavy atom. The molecule has 0 aromatic heterocycles. The van der Waals surface area contributed by atoms with Crippen LogP contribution >= 0.6 is 0 Å². The van der Waals surface area contributed by atoms with E-state index in [0.29, 0.717) is 38.3 Å². The van der Waals surface area contributed by atoms with Crippen molar-refractivity contribution in [1.82, 2.24) is 10.2 Å². The van der Waals surface area contributed by atoms with Crippen LogP contribution < -0.4 is 10.2 Å². The van der Waals surface area contributed by atoms with Gasteiger partial charge in [0.1, 0.15) is 5.82 Å². The lowest BCUT2D eigenvalue weighted by atomic mass is 10.2. The van der Waals surface area contributed by atoms with Crippen molar-refractivity contribution in [1.29, 1.82) is 0 Å². The second-order valence-corrected chi connectivity index (χ2v) is 8.61. The van der Waals surface area contributed by atoms with Crippen molar-refractivity contribution in [3.8, 4) is 0 Å². The first kappa shape index (κ1) is 17.2. The summed E-state index contributed by atoms with van der Waals surface area (Å²) < 4.78 is 36.6. The highest BCUT2D eigenvalue weighted by molar-refractivity contribution is 7.91. The summed E-state index contributed by atoms with van der Waals surface area (Å²) in [4.78, 5) is 16.1. The van der Waals surface area contributed by atoms with Gasteiger partial charge in [-0.3, -0.25) is 9.69 Å². The van der Waals surface area contributed by atoms with E-state index in [1.165, 1.54) is 6.07 Å². The van der Waals surface area contributed by atoms with Crippen LogP contribution in [0.4, 0.5) is 10.1 Å². The fraction of sp³-hybridized carbons (Fsp3) is 0.562. The van der Waals surface area contributed by atoms with E-state index in [9.17, 15) is 17.6 Å². The Balaban J connectivity index is 1.45. The molecular weight excluding hydrogens is 333 g/mol. The summed E-state index contributed by atoms with van der Waals surface area (Å²) in [6.07, 6.45) is 0.495. The molecule has 0 saturated carbocycles. The number of rotatable bonds is 4. The van der Waals surface area contributed by atoms with Crippen molar-refractivity contribution in [2.24, 2.45) is 0 Å². The Bertz CT molecular complexity index is 702. The molecular formula is C16H22FN3O3S. The van der Waals surface area contributed by atoms with Crippen molar-refractivity contribution >= 4 is 21.4 Å². The number of amides is 1. The van der Waals surface area contributed by atoms with Crippen LogP contribution in [-0.4, -0.2) is 69.5 Å². The number of sulfone groups is 1. The van der Waals surface area contributed by atoms with Crippen molar-refractivity contribution in [3.05, 3.63) is 30.1 Å².